The smallest absolute Gasteiger partial charge is 0.128 e. The molecule has 0 radical (unpaired) electrons. The lowest BCUT2D eigenvalue weighted by Crippen LogP contribution is -2.05. The van der Waals surface area contributed by atoms with Gasteiger partial charge in [-0.25, -0.2) is 14.4 Å². The van der Waals surface area contributed by atoms with E-state index in [1.165, 1.54) is 12.1 Å². The number of benzene rings is 1. The van der Waals surface area contributed by atoms with Crippen molar-refractivity contribution in [3.8, 4) is 0 Å². The highest BCUT2D eigenvalue weighted by molar-refractivity contribution is 7.09. The summed E-state index contributed by atoms with van der Waals surface area (Å²) in [5.74, 6) is 0.457. The van der Waals surface area contributed by atoms with Crippen molar-refractivity contribution in [2.75, 3.05) is 0 Å². The van der Waals surface area contributed by atoms with Gasteiger partial charge in [-0.05, 0) is 25.1 Å². The number of hydrogen-bond donors (Lipinski definition) is 0. The molecule has 1 unspecified atom stereocenters. The topological polar surface area (TPSA) is 30.7 Å². The summed E-state index contributed by atoms with van der Waals surface area (Å²) in [4.78, 5) is 8.73. The molecule has 2 aromatic heterocycles. The van der Waals surface area contributed by atoms with Gasteiger partial charge in [-0.15, -0.1) is 22.9 Å². The van der Waals surface area contributed by atoms with E-state index in [1.807, 2.05) is 16.9 Å². The molecule has 0 fully saturated rings. The molecular weight excluding hydrogens is 285 g/mol. The SMILES string of the molecule is CC(Cl)c1nc2ccc(F)cc2n1Cc1nccs1. The van der Waals surface area contributed by atoms with E-state index in [9.17, 15) is 4.39 Å². The molecule has 0 aliphatic carbocycles. The lowest BCUT2D eigenvalue weighted by molar-refractivity contribution is 0.628. The van der Waals surface area contributed by atoms with Crippen molar-refractivity contribution >= 4 is 34.0 Å². The van der Waals surface area contributed by atoms with Gasteiger partial charge in [-0.3, -0.25) is 0 Å². The minimum Gasteiger partial charge on any atom is -0.320 e. The van der Waals surface area contributed by atoms with Gasteiger partial charge in [0.25, 0.3) is 0 Å². The molecule has 0 aliphatic rings. The lowest BCUT2D eigenvalue weighted by atomic mass is 10.3. The third-order valence-corrected chi connectivity index (χ3v) is 3.83. The van der Waals surface area contributed by atoms with Crippen molar-refractivity contribution in [1.29, 1.82) is 0 Å². The second-order valence-electron chi connectivity index (χ2n) is 4.23. The Labute approximate surface area is 118 Å². The third-order valence-electron chi connectivity index (χ3n) is 2.87. The largest absolute Gasteiger partial charge is 0.320 e. The van der Waals surface area contributed by atoms with Crippen LogP contribution in [-0.2, 0) is 6.54 Å². The molecule has 3 rings (SSSR count). The van der Waals surface area contributed by atoms with Crippen molar-refractivity contribution < 1.29 is 4.39 Å². The number of alkyl halides is 1. The standard InChI is InChI=1S/C13H11ClFN3S/c1-8(14)13-17-10-3-2-9(15)6-11(10)18(13)7-12-16-4-5-19-12/h2-6,8H,7H2,1H3. The number of imidazole rings is 1. The number of halogens is 2. The monoisotopic (exact) mass is 295 g/mol. The van der Waals surface area contributed by atoms with Crippen molar-refractivity contribution in [1.82, 2.24) is 14.5 Å². The van der Waals surface area contributed by atoms with E-state index in [0.29, 0.717) is 6.54 Å². The second kappa shape index (κ2) is 4.90. The Morgan fingerprint density at radius 2 is 2.32 bits per heavy atom. The van der Waals surface area contributed by atoms with Gasteiger partial charge in [-0.2, -0.15) is 0 Å². The maximum atomic E-state index is 13.4. The average Bonchev–Trinajstić information content (AvgIpc) is 2.98. The Morgan fingerprint density at radius 3 is 3.00 bits per heavy atom. The molecule has 0 amide bonds. The van der Waals surface area contributed by atoms with E-state index in [0.717, 1.165) is 21.9 Å². The van der Waals surface area contributed by atoms with Crippen LogP contribution >= 0.6 is 22.9 Å². The maximum Gasteiger partial charge on any atom is 0.128 e. The number of nitrogens with zero attached hydrogens (tertiary/aromatic N) is 3. The minimum absolute atomic E-state index is 0.240. The van der Waals surface area contributed by atoms with Gasteiger partial charge < -0.3 is 4.57 Å². The second-order valence-corrected chi connectivity index (χ2v) is 5.86. The Kier molecular flexibility index (Phi) is 3.24. The summed E-state index contributed by atoms with van der Waals surface area (Å²) in [6, 6.07) is 4.57. The summed E-state index contributed by atoms with van der Waals surface area (Å²) in [5, 5.41) is 2.62. The molecule has 19 heavy (non-hydrogen) atoms. The molecule has 0 bridgehead atoms. The van der Waals surface area contributed by atoms with Gasteiger partial charge in [0, 0.05) is 11.6 Å². The summed E-state index contributed by atoms with van der Waals surface area (Å²) in [7, 11) is 0. The summed E-state index contributed by atoms with van der Waals surface area (Å²) >= 11 is 7.72. The van der Waals surface area contributed by atoms with E-state index < -0.39 is 0 Å². The van der Waals surface area contributed by atoms with Crippen LogP contribution in [0.1, 0.15) is 23.1 Å². The first kappa shape index (κ1) is 12.6. The highest BCUT2D eigenvalue weighted by atomic mass is 35.5. The summed E-state index contributed by atoms with van der Waals surface area (Å²) < 4.78 is 15.3. The van der Waals surface area contributed by atoms with Crippen molar-refractivity contribution in [3.63, 3.8) is 0 Å². The van der Waals surface area contributed by atoms with Crippen molar-refractivity contribution in [2.24, 2.45) is 0 Å². The van der Waals surface area contributed by atoms with Gasteiger partial charge in [0.1, 0.15) is 16.6 Å². The van der Waals surface area contributed by atoms with Crippen LogP contribution in [-0.4, -0.2) is 14.5 Å². The molecule has 3 aromatic rings. The lowest BCUT2D eigenvalue weighted by Gasteiger charge is -2.08. The average molecular weight is 296 g/mol. The van der Waals surface area contributed by atoms with Gasteiger partial charge in [-0.1, -0.05) is 0 Å². The van der Waals surface area contributed by atoms with E-state index >= 15 is 0 Å². The number of thiazole rings is 1. The Hall–Kier alpha value is -1.46. The Morgan fingerprint density at radius 1 is 1.47 bits per heavy atom. The number of hydrogen-bond acceptors (Lipinski definition) is 3. The van der Waals surface area contributed by atoms with Crippen LogP contribution < -0.4 is 0 Å². The molecule has 0 spiro atoms. The zero-order valence-corrected chi connectivity index (χ0v) is 11.7. The first-order valence-corrected chi connectivity index (χ1v) is 7.15. The predicted octanol–water partition coefficient (Wildman–Crippen LogP) is 3.98. The van der Waals surface area contributed by atoms with Crippen LogP contribution in [0, 0.1) is 5.82 Å². The molecule has 2 heterocycles. The van der Waals surface area contributed by atoms with Gasteiger partial charge in [0.15, 0.2) is 0 Å². The summed E-state index contributed by atoms with van der Waals surface area (Å²) in [5.41, 5.74) is 1.50. The molecule has 0 aliphatic heterocycles. The molecule has 1 aromatic carbocycles. The van der Waals surface area contributed by atoms with Gasteiger partial charge in [0.05, 0.1) is 23.0 Å². The van der Waals surface area contributed by atoms with Gasteiger partial charge >= 0.3 is 0 Å². The molecule has 1 atom stereocenters. The number of rotatable bonds is 3. The zero-order chi connectivity index (χ0) is 13.4. The molecule has 0 saturated carbocycles. The van der Waals surface area contributed by atoms with Crippen LogP contribution in [0.5, 0.6) is 0 Å². The first-order valence-electron chi connectivity index (χ1n) is 5.83. The number of fused-ring (bicyclic) bond motifs is 1. The Bertz CT molecular complexity index is 706. The molecule has 0 saturated heterocycles. The molecule has 98 valence electrons. The van der Waals surface area contributed by atoms with Crippen LogP contribution in [0.25, 0.3) is 11.0 Å². The molecule has 3 nitrogen and oxygen atoms in total. The third kappa shape index (κ3) is 2.35. The highest BCUT2D eigenvalue weighted by Gasteiger charge is 2.16. The van der Waals surface area contributed by atoms with Crippen molar-refractivity contribution in [3.05, 3.63) is 46.4 Å². The molecular formula is C13H11ClFN3S. The molecule has 0 N–H and O–H groups in total. The normalized spacial score (nSPS) is 13.0. The van der Waals surface area contributed by atoms with E-state index in [-0.39, 0.29) is 11.2 Å². The summed E-state index contributed by atoms with van der Waals surface area (Å²) in [6.07, 6.45) is 1.75. The fourth-order valence-corrected chi connectivity index (χ4v) is 2.82. The quantitative estimate of drug-likeness (QED) is 0.684. The fraction of sp³-hybridized carbons (Fsp3) is 0.231. The van der Waals surface area contributed by atoms with Crippen LogP contribution in [0.4, 0.5) is 4.39 Å². The summed E-state index contributed by atoms with van der Waals surface area (Å²) in [6.45, 7) is 2.42. The van der Waals surface area contributed by atoms with E-state index in [1.54, 1.807) is 23.6 Å². The number of aromatic nitrogens is 3. The maximum absolute atomic E-state index is 13.4. The minimum atomic E-state index is -0.276. The van der Waals surface area contributed by atoms with Gasteiger partial charge in [0.2, 0.25) is 0 Å². The predicted molar refractivity (Wildman–Crippen MR) is 75.2 cm³/mol. The van der Waals surface area contributed by atoms with Crippen LogP contribution in [0.15, 0.2) is 29.8 Å². The zero-order valence-electron chi connectivity index (χ0n) is 10.2. The Balaban J connectivity index is 2.18. The van der Waals surface area contributed by atoms with Crippen LogP contribution in [0.3, 0.4) is 0 Å². The fourth-order valence-electron chi connectivity index (χ4n) is 2.05. The van der Waals surface area contributed by atoms with Crippen molar-refractivity contribution in [2.45, 2.75) is 18.8 Å². The van der Waals surface area contributed by atoms with Crippen LogP contribution in [0.2, 0.25) is 0 Å². The van der Waals surface area contributed by atoms with E-state index in [2.05, 4.69) is 9.97 Å². The highest BCUT2D eigenvalue weighted by Crippen LogP contribution is 2.26. The first-order chi connectivity index (χ1) is 9.15. The van der Waals surface area contributed by atoms with E-state index in [4.69, 9.17) is 11.6 Å². The molecule has 6 heteroatoms.